The molecule has 0 aromatic heterocycles. The van der Waals surface area contributed by atoms with E-state index < -0.39 is 6.04 Å². The first-order chi connectivity index (χ1) is 19.0. The van der Waals surface area contributed by atoms with Crippen LogP contribution in [-0.4, -0.2) is 34.3 Å². The fourth-order valence-corrected chi connectivity index (χ4v) is 6.38. The van der Waals surface area contributed by atoms with Crippen LogP contribution in [0.2, 0.25) is 0 Å². The smallest absolute Gasteiger partial charge is 0.240 e. The molecule has 1 heterocycles. The van der Waals surface area contributed by atoms with Gasteiger partial charge in [0.25, 0.3) is 0 Å². The summed E-state index contributed by atoms with van der Waals surface area (Å²) >= 11 is 0. The van der Waals surface area contributed by atoms with Crippen molar-refractivity contribution in [1.82, 2.24) is 9.80 Å². The normalized spacial score (nSPS) is 17.4. The topological polar surface area (TPSA) is 23.6 Å². The van der Waals surface area contributed by atoms with Crippen molar-refractivity contribution in [2.75, 3.05) is 6.54 Å². The summed E-state index contributed by atoms with van der Waals surface area (Å²) in [5, 5.41) is 0. The molecule has 0 saturated carbocycles. The van der Waals surface area contributed by atoms with Crippen LogP contribution in [0.4, 0.5) is 8.78 Å². The molecule has 206 valence electrons. The van der Waals surface area contributed by atoms with Crippen molar-refractivity contribution in [3.8, 4) is 0 Å². The van der Waals surface area contributed by atoms with Crippen molar-refractivity contribution >= 4 is 5.91 Å². The van der Waals surface area contributed by atoms with Crippen LogP contribution < -0.4 is 0 Å². The molecule has 1 aliphatic heterocycles. The van der Waals surface area contributed by atoms with Gasteiger partial charge in [0, 0.05) is 30.3 Å². The molecule has 0 N–H and O–H groups in total. The predicted octanol–water partition coefficient (Wildman–Crippen LogP) is 7.13. The van der Waals surface area contributed by atoms with E-state index in [-0.39, 0.29) is 43.6 Å². The predicted molar refractivity (Wildman–Crippen MR) is 156 cm³/mol. The molecule has 2 aliphatic rings. The number of amides is 1. The second-order valence-electron chi connectivity index (χ2n) is 10.7. The summed E-state index contributed by atoms with van der Waals surface area (Å²) in [6.45, 7) is 2.74. The standard InChI is InChI=1S/C34H32F2N2O.CH4/c1-23(37-19-18-24-10-4-6-14-29(24)33(37)30-15-7-9-17-32(30)36)34(39)38(22-27-13-5-8-16-31(27)35)28-20-25-11-2-3-12-26(25)21-28;/h2-17,23,28,33H,18-22H2,1H3;1H4/t23-,33+;/m0./s1. The molecule has 0 unspecified atom stereocenters. The van der Waals surface area contributed by atoms with Crippen LogP contribution in [0.1, 0.15) is 53.8 Å². The van der Waals surface area contributed by atoms with Crippen molar-refractivity contribution in [1.29, 1.82) is 0 Å². The molecule has 4 aromatic rings. The largest absolute Gasteiger partial charge is 0.333 e. The first-order valence-electron chi connectivity index (χ1n) is 13.7. The Labute approximate surface area is 236 Å². The highest BCUT2D eigenvalue weighted by molar-refractivity contribution is 5.82. The average Bonchev–Trinajstić information content (AvgIpc) is 3.40. The Morgan fingerprint density at radius 1 is 0.800 bits per heavy atom. The lowest BCUT2D eigenvalue weighted by atomic mass is 9.86. The Balaban J connectivity index is 0.00000323. The average molecular weight is 539 g/mol. The molecule has 0 saturated heterocycles. The monoisotopic (exact) mass is 538 g/mol. The molecule has 3 nitrogen and oxygen atoms in total. The van der Waals surface area contributed by atoms with Crippen LogP contribution in [0.25, 0.3) is 0 Å². The Morgan fingerprint density at radius 3 is 2.00 bits per heavy atom. The minimum Gasteiger partial charge on any atom is -0.333 e. The zero-order chi connectivity index (χ0) is 26.9. The Morgan fingerprint density at radius 2 is 1.35 bits per heavy atom. The lowest BCUT2D eigenvalue weighted by Crippen LogP contribution is -2.53. The van der Waals surface area contributed by atoms with Gasteiger partial charge in [0.15, 0.2) is 0 Å². The quantitative estimate of drug-likeness (QED) is 0.261. The summed E-state index contributed by atoms with van der Waals surface area (Å²) in [5.74, 6) is -0.648. The maximum absolute atomic E-state index is 15.2. The van der Waals surface area contributed by atoms with Crippen LogP contribution in [0.15, 0.2) is 97.1 Å². The van der Waals surface area contributed by atoms with E-state index in [1.165, 1.54) is 28.8 Å². The third kappa shape index (κ3) is 5.18. The van der Waals surface area contributed by atoms with Crippen LogP contribution in [0.3, 0.4) is 0 Å². The van der Waals surface area contributed by atoms with Gasteiger partial charge in [0.05, 0.1) is 12.1 Å². The number of benzene rings is 4. The van der Waals surface area contributed by atoms with E-state index in [0.717, 1.165) is 24.8 Å². The van der Waals surface area contributed by atoms with Gasteiger partial charge in [-0.05, 0) is 60.6 Å². The van der Waals surface area contributed by atoms with Gasteiger partial charge in [-0.3, -0.25) is 9.69 Å². The molecule has 4 aromatic carbocycles. The molecule has 6 rings (SSSR count). The fraction of sp³-hybridized carbons (Fsp3) is 0.286. The van der Waals surface area contributed by atoms with Crippen molar-refractivity contribution in [3.63, 3.8) is 0 Å². The summed E-state index contributed by atoms with van der Waals surface area (Å²) in [7, 11) is 0. The van der Waals surface area contributed by atoms with Crippen LogP contribution in [0, 0.1) is 11.6 Å². The molecule has 40 heavy (non-hydrogen) atoms. The number of rotatable bonds is 6. The first kappa shape index (κ1) is 27.7. The number of nitrogens with zero attached hydrogens (tertiary/aromatic N) is 2. The Bertz CT molecular complexity index is 1480. The summed E-state index contributed by atoms with van der Waals surface area (Å²) < 4.78 is 30.1. The van der Waals surface area contributed by atoms with Crippen molar-refractivity contribution in [2.45, 2.75) is 58.3 Å². The molecule has 1 aliphatic carbocycles. The summed E-state index contributed by atoms with van der Waals surface area (Å²) in [4.78, 5) is 18.4. The van der Waals surface area contributed by atoms with E-state index in [0.29, 0.717) is 17.7 Å². The van der Waals surface area contributed by atoms with Gasteiger partial charge in [0.2, 0.25) is 5.91 Å². The second-order valence-corrected chi connectivity index (χ2v) is 10.7. The number of carbonyl (C=O) groups excluding carboxylic acids is 1. The molecule has 1 amide bonds. The fourth-order valence-electron chi connectivity index (χ4n) is 6.38. The van der Waals surface area contributed by atoms with E-state index in [1.54, 1.807) is 18.2 Å². The Kier molecular flexibility index (Phi) is 8.13. The van der Waals surface area contributed by atoms with E-state index in [4.69, 9.17) is 0 Å². The zero-order valence-electron chi connectivity index (χ0n) is 22.1. The molecular weight excluding hydrogens is 502 g/mol. The summed E-state index contributed by atoms with van der Waals surface area (Å²) in [6.07, 6.45) is 2.26. The van der Waals surface area contributed by atoms with Crippen LogP contribution in [-0.2, 0) is 30.6 Å². The Hall–Kier alpha value is -3.83. The minimum absolute atomic E-state index is 0. The molecule has 2 atom stereocenters. The van der Waals surface area contributed by atoms with Gasteiger partial charge in [-0.2, -0.15) is 0 Å². The van der Waals surface area contributed by atoms with Crippen molar-refractivity contribution in [2.24, 2.45) is 0 Å². The highest BCUT2D eigenvalue weighted by Gasteiger charge is 2.39. The van der Waals surface area contributed by atoms with Gasteiger partial charge in [0.1, 0.15) is 11.6 Å². The lowest BCUT2D eigenvalue weighted by molar-refractivity contribution is -0.140. The number of halogens is 2. The molecule has 5 heteroatoms. The van der Waals surface area contributed by atoms with Gasteiger partial charge in [-0.25, -0.2) is 8.78 Å². The van der Waals surface area contributed by atoms with Gasteiger partial charge < -0.3 is 4.90 Å². The number of carbonyl (C=O) groups is 1. The third-order valence-corrected chi connectivity index (χ3v) is 8.43. The van der Waals surface area contributed by atoms with E-state index in [9.17, 15) is 9.18 Å². The van der Waals surface area contributed by atoms with Gasteiger partial charge >= 0.3 is 0 Å². The maximum Gasteiger partial charge on any atom is 0.240 e. The zero-order valence-corrected chi connectivity index (χ0v) is 22.1. The second kappa shape index (κ2) is 11.7. The summed E-state index contributed by atoms with van der Waals surface area (Å²) in [5.41, 5.74) is 5.75. The number of hydrogen-bond acceptors (Lipinski definition) is 2. The van der Waals surface area contributed by atoms with Gasteiger partial charge in [-0.1, -0.05) is 92.4 Å². The van der Waals surface area contributed by atoms with Crippen molar-refractivity contribution < 1.29 is 13.6 Å². The molecule has 0 bridgehead atoms. The SMILES string of the molecule is C.C[C@@H](C(=O)N(Cc1ccccc1F)C1Cc2ccccc2C1)N1CCc2ccccc2[C@@H]1c1ccccc1F. The van der Waals surface area contributed by atoms with E-state index in [2.05, 4.69) is 23.1 Å². The number of hydrogen-bond donors (Lipinski definition) is 0. The third-order valence-electron chi connectivity index (χ3n) is 8.43. The lowest BCUT2D eigenvalue weighted by Gasteiger charge is -2.43. The van der Waals surface area contributed by atoms with Crippen LogP contribution >= 0.6 is 0 Å². The minimum atomic E-state index is -0.529. The molecule has 0 fully saturated rings. The van der Waals surface area contributed by atoms with E-state index in [1.807, 2.05) is 60.4 Å². The highest BCUT2D eigenvalue weighted by atomic mass is 19.1. The van der Waals surface area contributed by atoms with Crippen molar-refractivity contribution in [3.05, 3.63) is 142 Å². The maximum atomic E-state index is 15.2. The molecule has 0 radical (unpaired) electrons. The highest BCUT2D eigenvalue weighted by Crippen LogP contribution is 2.38. The summed E-state index contributed by atoms with van der Waals surface area (Å²) in [6, 6.07) is 28.9. The first-order valence-corrected chi connectivity index (χ1v) is 13.7. The number of fused-ring (bicyclic) bond motifs is 2. The van der Waals surface area contributed by atoms with Crippen LogP contribution in [0.5, 0.6) is 0 Å². The molecular formula is C35H36F2N2O. The van der Waals surface area contributed by atoms with Gasteiger partial charge in [-0.15, -0.1) is 0 Å². The van der Waals surface area contributed by atoms with E-state index >= 15 is 4.39 Å². The molecule has 0 spiro atoms.